The van der Waals surface area contributed by atoms with E-state index in [-0.39, 0.29) is 11.9 Å². The van der Waals surface area contributed by atoms with Crippen LogP contribution in [0.15, 0.2) is 42.5 Å². The second-order valence-corrected chi connectivity index (χ2v) is 5.89. The molecular weight excluding hydrogens is 340 g/mol. The highest BCUT2D eigenvalue weighted by Crippen LogP contribution is 2.37. The van der Waals surface area contributed by atoms with Gasteiger partial charge in [-0.05, 0) is 42.5 Å². The van der Waals surface area contributed by atoms with E-state index < -0.39 is 0 Å². The van der Waals surface area contributed by atoms with Gasteiger partial charge in [0.2, 0.25) is 0 Å². The van der Waals surface area contributed by atoms with E-state index in [9.17, 15) is 4.79 Å². The summed E-state index contributed by atoms with van der Waals surface area (Å²) in [6.07, 6.45) is 1.81. The number of carbonyl (C=O) groups is 1. The highest BCUT2D eigenvalue weighted by molar-refractivity contribution is 5.98. The summed E-state index contributed by atoms with van der Waals surface area (Å²) < 4.78 is 11.0. The molecule has 1 unspecified atom stereocenters. The summed E-state index contributed by atoms with van der Waals surface area (Å²) in [5.41, 5.74) is 2.71. The molecule has 5 heteroatoms. The molecule has 0 radical (unpaired) electrons. The fourth-order valence-corrected chi connectivity index (χ4v) is 3.25. The molecule has 2 aromatic carbocycles. The summed E-state index contributed by atoms with van der Waals surface area (Å²) in [5, 5.41) is 7.57. The highest BCUT2D eigenvalue weighted by atomic mass is 16.5. The molecule has 0 spiro atoms. The number of methoxy groups -OCH3 is 1. The van der Waals surface area contributed by atoms with Gasteiger partial charge in [-0.15, -0.1) is 0 Å². The summed E-state index contributed by atoms with van der Waals surface area (Å²) in [5.74, 6) is 1.33. The topological polar surface area (TPSA) is 62.6 Å². The van der Waals surface area contributed by atoms with E-state index in [0.29, 0.717) is 31.1 Å². The van der Waals surface area contributed by atoms with Gasteiger partial charge in [0.25, 0.3) is 5.91 Å². The molecule has 2 aromatic rings. The normalized spacial score (nSPS) is 13.3. The Morgan fingerprint density at radius 1 is 1.19 bits per heavy atom. The zero-order valence-corrected chi connectivity index (χ0v) is 16.5. The Bertz CT molecular complexity index is 789. The van der Waals surface area contributed by atoms with Crippen LogP contribution in [-0.4, -0.2) is 30.7 Å². The minimum absolute atomic E-state index is 0.0104. The first-order valence-corrected chi connectivity index (χ1v) is 9.38. The lowest BCUT2D eigenvalue weighted by atomic mass is 10.0. The molecule has 0 bridgehead atoms. The van der Waals surface area contributed by atoms with Gasteiger partial charge in [-0.1, -0.05) is 38.1 Å². The summed E-state index contributed by atoms with van der Waals surface area (Å²) in [6, 6.07) is 13.2. The van der Waals surface area contributed by atoms with Crippen molar-refractivity contribution in [2.45, 2.75) is 39.8 Å². The number of nitrogens with zero attached hydrogens (tertiary/aromatic N) is 1. The number of nitrogens with one attached hydrogen (secondary N) is 1. The van der Waals surface area contributed by atoms with Gasteiger partial charge in [-0.25, -0.2) is 0 Å². The first-order valence-electron chi connectivity index (χ1n) is 9.38. The Balaban J connectivity index is 0.00000126. The maximum absolute atomic E-state index is 12.8. The van der Waals surface area contributed by atoms with Crippen LogP contribution in [0.4, 0.5) is 0 Å². The Morgan fingerprint density at radius 2 is 1.93 bits per heavy atom. The van der Waals surface area contributed by atoms with E-state index in [0.717, 1.165) is 16.7 Å². The summed E-state index contributed by atoms with van der Waals surface area (Å²) >= 11 is 0. The fourth-order valence-electron chi connectivity index (χ4n) is 3.25. The molecule has 1 heterocycles. The number of benzene rings is 2. The van der Waals surface area contributed by atoms with Crippen molar-refractivity contribution in [2.75, 3.05) is 13.7 Å². The third kappa shape index (κ3) is 4.30. The lowest BCUT2D eigenvalue weighted by Crippen LogP contribution is -2.29. The second-order valence-electron chi connectivity index (χ2n) is 5.89. The molecule has 5 nitrogen and oxygen atoms in total. The molecule has 1 atom stereocenters. The van der Waals surface area contributed by atoms with Crippen molar-refractivity contribution < 1.29 is 14.3 Å². The standard InChI is InChI=1S/C20H22N2O3.C2H6/c1-3-25-19-12-14(8-9-18(19)24-2)17(10-11-21)22-13-15-6-4-5-7-16(15)20(22)23;1-2/h4-9,11-12,17,21H,3,10,13H2,1-2H3;1-2H3. The molecule has 1 aliphatic rings. The van der Waals surface area contributed by atoms with Crippen LogP contribution in [0.5, 0.6) is 11.5 Å². The lowest BCUT2D eigenvalue weighted by molar-refractivity contribution is 0.0706. The molecule has 1 N–H and O–H groups in total. The Hall–Kier alpha value is -2.82. The molecule has 0 saturated carbocycles. The Kier molecular flexibility index (Phi) is 7.41. The number of hydrogen-bond acceptors (Lipinski definition) is 4. The van der Waals surface area contributed by atoms with E-state index in [1.54, 1.807) is 7.11 Å². The van der Waals surface area contributed by atoms with Crippen molar-refractivity contribution in [2.24, 2.45) is 0 Å². The first kappa shape index (κ1) is 20.5. The van der Waals surface area contributed by atoms with Crippen LogP contribution >= 0.6 is 0 Å². The average Bonchev–Trinajstić information content (AvgIpc) is 3.04. The summed E-state index contributed by atoms with van der Waals surface area (Å²) in [7, 11) is 1.60. The number of rotatable bonds is 7. The van der Waals surface area contributed by atoms with Crippen molar-refractivity contribution in [3.63, 3.8) is 0 Å². The van der Waals surface area contributed by atoms with Gasteiger partial charge in [0.1, 0.15) is 0 Å². The van der Waals surface area contributed by atoms with Crippen molar-refractivity contribution >= 4 is 12.1 Å². The van der Waals surface area contributed by atoms with Crippen LogP contribution in [0.1, 0.15) is 54.7 Å². The van der Waals surface area contributed by atoms with Gasteiger partial charge >= 0.3 is 0 Å². The monoisotopic (exact) mass is 368 g/mol. The van der Waals surface area contributed by atoms with Gasteiger partial charge < -0.3 is 19.8 Å². The van der Waals surface area contributed by atoms with Gasteiger partial charge in [0, 0.05) is 18.5 Å². The van der Waals surface area contributed by atoms with Crippen LogP contribution < -0.4 is 9.47 Å². The third-order valence-corrected chi connectivity index (χ3v) is 4.44. The van der Waals surface area contributed by atoms with Crippen LogP contribution in [0, 0.1) is 5.41 Å². The molecule has 27 heavy (non-hydrogen) atoms. The number of amides is 1. The molecular formula is C22H28N2O3. The van der Waals surface area contributed by atoms with Crippen LogP contribution in [0.2, 0.25) is 0 Å². The van der Waals surface area contributed by atoms with Crippen molar-refractivity contribution in [3.05, 3.63) is 59.2 Å². The zero-order chi connectivity index (χ0) is 19.8. The third-order valence-electron chi connectivity index (χ3n) is 4.44. The second kappa shape index (κ2) is 9.76. The summed E-state index contributed by atoms with van der Waals surface area (Å²) in [4.78, 5) is 14.6. The van der Waals surface area contributed by atoms with Crippen molar-refractivity contribution in [1.82, 2.24) is 4.90 Å². The maximum Gasteiger partial charge on any atom is 0.255 e. The quantitative estimate of drug-likeness (QED) is 0.710. The molecule has 0 aromatic heterocycles. The van der Waals surface area contributed by atoms with Crippen molar-refractivity contribution in [1.29, 1.82) is 5.41 Å². The van der Waals surface area contributed by atoms with Crippen LogP contribution in [0.3, 0.4) is 0 Å². The number of fused-ring (bicyclic) bond motifs is 1. The van der Waals surface area contributed by atoms with E-state index in [1.165, 1.54) is 6.21 Å². The molecule has 3 rings (SSSR count). The Morgan fingerprint density at radius 3 is 2.56 bits per heavy atom. The molecule has 1 aliphatic heterocycles. The molecule has 0 saturated heterocycles. The SMILES string of the molecule is CC.CCOc1cc(C(CC=N)N2Cc3ccccc3C2=O)ccc1OC. The van der Waals surface area contributed by atoms with Crippen LogP contribution in [-0.2, 0) is 6.54 Å². The van der Waals surface area contributed by atoms with Gasteiger partial charge in [0.15, 0.2) is 11.5 Å². The van der Waals surface area contributed by atoms with Gasteiger partial charge in [-0.2, -0.15) is 0 Å². The Labute approximate surface area is 161 Å². The first-order chi connectivity index (χ1) is 13.2. The minimum atomic E-state index is -0.206. The van der Waals surface area contributed by atoms with E-state index in [2.05, 4.69) is 0 Å². The maximum atomic E-state index is 12.8. The van der Waals surface area contributed by atoms with E-state index in [1.807, 2.05) is 68.1 Å². The summed E-state index contributed by atoms with van der Waals surface area (Å²) in [6.45, 7) is 7.01. The van der Waals surface area contributed by atoms with Crippen molar-refractivity contribution in [3.8, 4) is 11.5 Å². The number of ether oxygens (including phenoxy) is 2. The lowest BCUT2D eigenvalue weighted by Gasteiger charge is -2.27. The smallest absolute Gasteiger partial charge is 0.255 e. The highest BCUT2D eigenvalue weighted by Gasteiger charge is 2.33. The predicted molar refractivity (Wildman–Crippen MR) is 108 cm³/mol. The molecule has 0 aliphatic carbocycles. The number of carbonyl (C=O) groups excluding carboxylic acids is 1. The molecule has 144 valence electrons. The average molecular weight is 368 g/mol. The molecule has 0 fully saturated rings. The number of hydrogen-bond donors (Lipinski definition) is 1. The zero-order valence-electron chi connectivity index (χ0n) is 16.5. The van der Waals surface area contributed by atoms with Gasteiger partial charge in [0.05, 0.1) is 19.8 Å². The largest absolute Gasteiger partial charge is 0.493 e. The van der Waals surface area contributed by atoms with Gasteiger partial charge in [-0.3, -0.25) is 4.79 Å². The predicted octanol–water partition coefficient (Wildman–Crippen LogP) is 4.86. The van der Waals surface area contributed by atoms with Crippen LogP contribution in [0.25, 0.3) is 0 Å². The minimum Gasteiger partial charge on any atom is -0.493 e. The fraction of sp³-hybridized carbons (Fsp3) is 0.364. The van der Waals surface area contributed by atoms with E-state index in [4.69, 9.17) is 14.9 Å². The molecule has 1 amide bonds. The van der Waals surface area contributed by atoms with E-state index >= 15 is 0 Å².